The zero-order valence-electron chi connectivity index (χ0n) is 39.6. The van der Waals surface area contributed by atoms with Crippen molar-refractivity contribution < 1.29 is 105 Å². The molecule has 68 heavy (non-hydrogen) atoms. The van der Waals surface area contributed by atoms with Crippen LogP contribution < -0.4 is 0 Å². The maximum Gasteiger partial charge on any atom is 0.335 e. The number of aliphatic hydroxyl groups excluding tert-OH is 13. The summed E-state index contributed by atoms with van der Waals surface area (Å²) in [6.07, 6.45) is -24.4. The highest BCUT2D eigenvalue weighted by molar-refractivity contribution is 5.73. The molecule has 0 aromatic rings. The Morgan fingerprint density at radius 2 is 1.24 bits per heavy atom. The molecule has 3 aliphatic heterocycles. The molecule has 0 spiro atoms. The zero-order chi connectivity index (χ0) is 50.0. The highest BCUT2D eigenvalue weighted by Crippen LogP contribution is 2.76. The van der Waals surface area contributed by atoms with Crippen LogP contribution in [0.2, 0.25) is 0 Å². The van der Waals surface area contributed by atoms with Crippen LogP contribution in [-0.2, 0) is 33.2 Å². The summed E-state index contributed by atoms with van der Waals surface area (Å²) in [5, 5.41) is 153. The van der Waals surface area contributed by atoms with E-state index in [1.807, 2.05) is 20.8 Å². The number of aliphatic carboxylic acids is 1. The molecule has 21 heteroatoms. The summed E-state index contributed by atoms with van der Waals surface area (Å²) >= 11 is 0. The van der Waals surface area contributed by atoms with Crippen molar-refractivity contribution in [3.8, 4) is 0 Å². The summed E-state index contributed by atoms with van der Waals surface area (Å²) in [5.41, 5.74) is -3.56. The lowest BCUT2D eigenvalue weighted by Gasteiger charge is -2.72. The number of carbonyl (C=O) groups is 1. The Kier molecular flexibility index (Phi) is 14.3. The van der Waals surface area contributed by atoms with Crippen molar-refractivity contribution in [1.29, 1.82) is 0 Å². The minimum absolute atomic E-state index is 0.0104. The molecule has 21 nitrogen and oxygen atoms in total. The van der Waals surface area contributed by atoms with Crippen LogP contribution in [0.5, 0.6) is 0 Å². The van der Waals surface area contributed by atoms with E-state index in [1.54, 1.807) is 0 Å². The first-order chi connectivity index (χ1) is 31.8. The lowest BCUT2D eigenvalue weighted by Crippen LogP contribution is -2.72. The Bertz CT molecular complexity index is 1870. The molecule has 0 radical (unpaired) electrons. The second-order valence-corrected chi connectivity index (χ2v) is 23.1. The fourth-order valence-electron chi connectivity index (χ4n) is 15.2. The topological polar surface area (TPSA) is 356 Å². The third-order valence-corrected chi connectivity index (χ3v) is 19.5. The van der Waals surface area contributed by atoms with Gasteiger partial charge in [0.2, 0.25) is 0 Å². The normalized spacial score (nSPS) is 55.6. The molecule has 3 heterocycles. The smallest absolute Gasteiger partial charge is 0.335 e. The number of aliphatic hydroxyl groups is 13. The molecule has 0 bridgehead atoms. The number of hydrogen-bond acceptors (Lipinski definition) is 20. The van der Waals surface area contributed by atoms with Crippen LogP contribution in [-0.4, -0.2) is 214 Å². The fourth-order valence-corrected chi connectivity index (χ4v) is 15.2. The third-order valence-electron chi connectivity index (χ3n) is 19.5. The number of allylic oxidation sites excluding steroid dienone is 2. The largest absolute Gasteiger partial charge is 0.479 e. The van der Waals surface area contributed by atoms with Gasteiger partial charge >= 0.3 is 5.97 Å². The van der Waals surface area contributed by atoms with Gasteiger partial charge in [0, 0.05) is 5.41 Å². The molecule has 0 amide bonds. The van der Waals surface area contributed by atoms with Gasteiger partial charge in [0.1, 0.15) is 61.0 Å². The van der Waals surface area contributed by atoms with Crippen molar-refractivity contribution in [3.05, 3.63) is 11.6 Å². The van der Waals surface area contributed by atoms with Gasteiger partial charge in [-0.1, -0.05) is 53.2 Å². The highest BCUT2D eigenvalue weighted by Gasteiger charge is 2.73. The summed E-state index contributed by atoms with van der Waals surface area (Å²) in [6.45, 7) is 9.80. The standard InChI is InChI=1S/C47H76O21/c1-42(2)13-20-19-7-8-24-43(3)11-10-26(44(4,17-50)23(43)9-12-45(24,5)46(19,6)14-25(52)47(20,18-51)37(60)36(42)59)65-41-35(68-40-31(57)29(55)27(53)21(15-48)63-40)33(32(58)34(67-41)38(61)62)66-39-30(56)28(54)22(16-49)64-39/h7,20-37,39-41,48-60H,8-18H2,1-6H3,(H,61,62). The monoisotopic (exact) mass is 976 g/mol. The van der Waals surface area contributed by atoms with Crippen molar-refractivity contribution in [2.45, 2.75) is 197 Å². The van der Waals surface area contributed by atoms with Gasteiger partial charge in [0.15, 0.2) is 25.0 Å². The summed E-state index contributed by atoms with van der Waals surface area (Å²) in [7, 11) is 0. The summed E-state index contributed by atoms with van der Waals surface area (Å²) in [4.78, 5) is 12.8. The molecule has 8 rings (SSSR count). The molecular weight excluding hydrogens is 900 g/mol. The van der Waals surface area contributed by atoms with Gasteiger partial charge in [0.25, 0.3) is 0 Å². The first-order valence-corrected chi connectivity index (χ1v) is 24.2. The van der Waals surface area contributed by atoms with Gasteiger partial charge < -0.3 is 99.9 Å². The molecule has 3 saturated heterocycles. The van der Waals surface area contributed by atoms with Crippen molar-refractivity contribution >= 4 is 5.97 Å². The lowest BCUT2D eigenvalue weighted by atomic mass is 9.33. The minimum Gasteiger partial charge on any atom is -0.479 e. The fraction of sp³-hybridized carbons (Fsp3) is 0.936. The molecular formula is C47H76O21. The van der Waals surface area contributed by atoms with Crippen LogP contribution in [0.4, 0.5) is 0 Å². The molecule has 7 fully saturated rings. The van der Waals surface area contributed by atoms with E-state index in [-0.39, 0.29) is 24.7 Å². The van der Waals surface area contributed by atoms with Gasteiger partial charge in [-0.25, -0.2) is 4.79 Å². The first kappa shape index (κ1) is 52.8. The van der Waals surface area contributed by atoms with Crippen molar-refractivity contribution in [1.82, 2.24) is 0 Å². The van der Waals surface area contributed by atoms with Gasteiger partial charge in [0.05, 0.1) is 56.3 Å². The van der Waals surface area contributed by atoms with Crippen LogP contribution >= 0.6 is 0 Å². The molecule has 390 valence electrons. The van der Waals surface area contributed by atoms with E-state index in [0.29, 0.717) is 32.1 Å². The minimum atomic E-state index is -2.13. The zero-order valence-corrected chi connectivity index (χ0v) is 39.6. The van der Waals surface area contributed by atoms with Crippen LogP contribution in [0.3, 0.4) is 0 Å². The Labute approximate surface area is 395 Å². The highest BCUT2D eigenvalue weighted by atomic mass is 16.8. The quantitative estimate of drug-likeness (QED) is 0.0736. The molecule has 0 aromatic carbocycles. The number of hydrogen-bond donors (Lipinski definition) is 14. The summed E-state index contributed by atoms with van der Waals surface area (Å²) < 4.78 is 36.1. The summed E-state index contributed by atoms with van der Waals surface area (Å²) in [6, 6.07) is 0. The van der Waals surface area contributed by atoms with Crippen LogP contribution in [0, 0.1) is 50.2 Å². The second kappa shape index (κ2) is 18.4. The predicted octanol–water partition coefficient (Wildman–Crippen LogP) is -2.77. The average Bonchev–Trinajstić information content (AvgIpc) is 3.56. The van der Waals surface area contributed by atoms with Crippen LogP contribution in [0.15, 0.2) is 11.6 Å². The Morgan fingerprint density at radius 1 is 0.647 bits per heavy atom. The molecule has 14 N–H and O–H groups in total. The first-order valence-electron chi connectivity index (χ1n) is 24.2. The van der Waals surface area contributed by atoms with E-state index in [0.717, 1.165) is 5.57 Å². The molecule has 0 aromatic heterocycles. The van der Waals surface area contributed by atoms with Gasteiger partial charge in [-0.15, -0.1) is 0 Å². The van der Waals surface area contributed by atoms with Crippen LogP contribution in [0.25, 0.3) is 0 Å². The predicted molar refractivity (Wildman–Crippen MR) is 230 cm³/mol. The van der Waals surface area contributed by atoms with Crippen molar-refractivity contribution in [2.24, 2.45) is 50.2 Å². The van der Waals surface area contributed by atoms with E-state index in [4.69, 9.17) is 28.4 Å². The number of rotatable bonds is 11. The van der Waals surface area contributed by atoms with Gasteiger partial charge in [-0.3, -0.25) is 0 Å². The van der Waals surface area contributed by atoms with Crippen molar-refractivity contribution in [2.75, 3.05) is 26.4 Å². The van der Waals surface area contributed by atoms with Crippen molar-refractivity contribution in [3.63, 3.8) is 0 Å². The Hall–Kier alpha value is -1.55. The lowest BCUT2D eigenvalue weighted by molar-refractivity contribution is -0.387. The SMILES string of the molecule is CC1(C)CC2C3=CCC4C5(C)CCC(OC6OC(C(=O)O)C(O)C(OC7OC(CO)C(O)C7O)C6OC6OC(CO)C(O)C(O)C6O)C(C)(CO)C5CCC4(C)C3(C)CC(O)C2(CO)C(O)C1O. The van der Waals surface area contributed by atoms with Gasteiger partial charge in [-0.2, -0.15) is 0 Å². The maximum atomic E-state index is 12.8. The molecule has 5 aliphatic carbocycles. The molecule has 26 atom stereocenters. The molecule has 8 aliphatic rings. The second-order valence-electron chi connectivity index (χ2n) is 23.1. The number of fused-ring (bicyclic) bond motifs is 7. The Morgan fingerprint density at radius 3 is 1.81 bits per heavy atom. The van der Waals surface area contributed by atoms with Gasteiger partial charge in [-0.05, 0) is 84.4 Å². The number of carboxylic acids is 1. The van der Waals surface area contributed by atoms with E-state index in [9.17, 15) is 76.3 Å². The van der Waals surface area contributed by atoms with E-state index in [2.05, 4.69) is 26.8 Å². The van der Waals surface area contributed by atoms with Crippen LogP contribution in [0.1, 0.15) is 86.5 Å². The number of carboxylic acid groups (broad SMARTS) is 1. The third kappa shape index (κ3) is 7.63. The molecule has 4 saturated carbocycles. The summed E-state index contributed by atoms with van der Waals surface area (Å²) in [5.74, 6) is -2.33. The van der Waals surface area contributed by atoms with E-state index in [1.165, 1.54) is 0 Å². The van der Waals surface area contributed by atoms with E-state index < -0.39 is 181 Å². The number of ether oxygens (including phenoxy) is 6. The average molecular weight is 977 g/mol. The maximum absolute atomic E-state index is 12.8. The van der Waals surface area contributed by atoms with E-state index >= 15 is 0 Å². The molecule has 26 unspecified atom stereocenters. The Balaban J connectivity index is 1.13.